The molecule has 0 bridgehead atoms. The van der Waals surface area contributed by atoms with Gasteiger partial charge in [-0.2, -0.15) is 0 Å². The number of Topliss-reactive ketones (excluding diaryl/α,β-unsaturated/α-hetero) is 1. The number of halogens is 6. The monoisotopic (exact) mass is 625 g/mol. The molecule has 0 saturated carbocycles. The standard InChI is InChI=1S/C14H8Cl3N.C8H6Cl2O.C6H7ClN2/c15-9-2-4-13-8(5-9)6-14(18-13)11-3-1-10(16)7-12(11)17;1-5(11)7-3-2-6(9)4-8(7)10;7-5-1-3-6(9-8)4-2-5/h1-7,18H;2-4H,1H3;1-4,9H,8H2. The van der Waals surface area contributed by atoms with Gasteiger partial charge in [0, 0.05) is 53.5 Å². The minimum atomic E-state index is -0.0494. The van der Waals surface area contributed by atoms with E-state index in [4.69, 9.17) is 75.4 Å². The fourth-order valence-corrected chi connectivity index (χ4v) is 4.64. The van der Waals surface area contributed by atoms with Gasteiger partial charge in [0.1, 0.15) is 0 Å². The molecule has 0 spiro atoms. The number of aromatic amines is 1. The van der Waals surface area contributed by atoms with Crippen LogP contribution in [-0.4, -0.2) is 10.8 Å². The first-order valence-electron chi connectivity index (χ1n) is 11.0. The molecule has 4 N–H and O–H groups in total. The zero-order valence-electron chi connectivity index (χ0n) is 19.8. The van der Waals surface area contributed by atoms with Crippen LogP contribution < -0.4 is 11.3 Å². The van der Waals surface area contributed by atoms with E-state index in [1.54, 1.807) is 36.4 Å². The lowest BCUT2D eigenvalue weighted by Gasteiger charge is -2.01. The Kier molecular flexibility index (Phi) is 11.2. The maximum Gasteiger partial charge on any atom is 0.161 e. The highest BCUT2D eigenvalue weighted by Gasteiger charge is 2.08. The number of hydrazine groups is 1. The number of nitrogens with two attached hydrogens (primary N) is 1. The summed E-state index contributed by atoms with van der Waals surface area (Å²) in [6.07, 6.45) is 0. The molecule has 38 heavy (non-hydrogen) atoms. The van der Waals surface area contributed by atoms with Crippen LogP contribution in [0.1, 0.15) is 17.3 Å². The number of benzene rings is 4. The molecular weight excluding hydrogens is 607 g/mol. The Bertz CT molecular complexity index is 1550. The summed E-state index contributed by atoms with van der Waals surface area (Å²) in [7, 11) is 0. The molecule has 0 aliphatic heterocycles. The van der Waals surface area contributed by atoms with E-state index in [9.17, 15) is 4.79 Å². The zero-order chi connectivity index (χ0) is 27.8. The van der Waals surface area contributed by atoms with E-state index < -0.39 is 0 Å². The number of anilines is 1. The molecule has 10 heteroatoms. The van der Waals surface area contributed by atoms with Crippen molar-refractivity contribution in [3.8, 4) is 11.3 Å². The van der Waals surface area contributed by atoms with Crippen molar-refractivity contribution in [2.75, 3.05) is 5.43 Å². The highest BCUT2D eigenvalue weighted by Crippen LogP contribution is 2.32. The molecule has 0 amide bonds. The fraction of sp³-hybridized carbons (Fsp3) is 0.0357. The summed E-state index contributed by atoms with van der Waals surface area (Å²) < 4.78 is 0. The number of hydrogen-bond donors (Lipinski definition) is 3. The van der Waals surface area contributed by atoms with E-state index in [0.29, 0.717) is 30.7 Å². The summed E-state index contributed by atoms with van der Waals surface area (Å²) in [5, 5.41) is 4.70. The number of aromatic nitrogens is 1. The molecule has 4 nitrogen and oxygen atoms in total. The zero-order valence-corrected chi connectivity index (χ0v) is 24.4. The number of hydrogen-bond acceptors (Lipinski definition) is 3. The van der Waals surface area contributed by atoms with E-state index >= 15 is 0 Å². The van der Waals surface area contributed by atoms with Crippen LogP contribution in [0.2, 0.25) is 30.1 Å². The number of carbonyl (C=O) groups excluding carboxylic acids is 1. The Morgan fingerprint density at radius 2 is 1.24 bits per heavy atom. The minimum absolute atomic E-state index is 0.0494. The predicted molar refractivity (Wildman–Crippen MR) is 164 cm³/mol. The second-order valence-corrected chi connectivity index (χ2v) is 10.4. The number of H-pyrrole nitrogens is 1. The van der Waals surface area contributed by atoms with E-state index in [1.807, 2.05) is 48.5 Å². The van der Waals surface area contributed by atoms with Gasteiger partial charge in [-0.15, -0.1) is 0 Å². The minimum Gasteiger partial charge on any atom is -0.354 e. The van der Waals surface area contributed by atoms with Crippen molar-refractivity contribution >= 4 is 92.0 Å². The van der Waals surface area contributed by atoms with Gasteiger partial charge in [-0.3, -0.25) is 10.6 Å². The maximum absolute atomic E-state index is 10.8. The van der Waals surface area contributed by atoms with Crippen molar-refractivity contribution in [3.63, 3.8) is 0 Å². The third-order valence-corrected chi connectivity index (χ3v) is 6.71. The van der Waals surface area contributed by atoms with Crippen molar-refractivity contribution < 1.29 is 4.79 Å². The number of fused-ring (bicyclic) bond motifs is 1. The predicted octanol–water partition coefficient (Wildman–Crippen LogP) is 10.6. The first kappa shape index (κ1) is 30.1. The second kappa shape index (κ2) is 14.1. The number of nitrogens with one attached hydrogen (secondary N) is 2. The lowest BCUT2D eigenvalue weighted by molar-refractivity contribution is 0.101. The van der Waals surface area contributed by atoms with Crippen molar-refractivity contribution in [2.24, 2.45) is 5.84 Å². The summed E-state index contributed by atoms with van der Waals surface area (Å²) in [5.41, 5.74) is 6.77. The molecule has 0 saturated heterocycles. The average Bonchev–Trinajstić information content (AvgIpc) is 3.28. The van der Waals surface area contributed by atoms with Gasteiger partial charge in [0.25, 0.3) is 0 Å². The maximum atomic E-state index is 10.8. The van der Waals surface area contributed by atoms with Crippen LogP contribution in [0.3, 0.4) is 0 Å². The van der Waals surface area contributed by atoms with Crippen LogP contribution in [0.15, 0.2) is 84.9 Å². The second-order valence-electron chi connectivity index (χ2n) is 7.87. The van der Waals surface area contributed by atoms with E-state index in [1.165, 1.54) is 6.92 Å². The van der Waals surface area contributed by atoms with Gasteiger partial charge < -0.3 is 10.4 Å². The van der Waals surface area contributed by atoms with Crippen LogP contribution >= 0.6 is 69.6 Å². The Morgan fingerprint density at radius 1 is 0.684 bits per heavy atom. The topological polar surface area (TPSA) is 70.9 Å². The van der Waals surface area contributed by atoms with E-state index in [0.717, 1.165) is 32.9 Å². The molecule has 0 aliphatic rings. The quantitative estimate of drug-likeness (QED) is 0.106. The molecule has 0 unspecified atom stereocenters. The van der Waals surface area contributed by atoms with Gasteiger partial charge in [-0.05, 0) is 91.9 Å². The number of carbonyl (C=O) groups is 1. The molecule has 0 aliphatic carbocycles. The van der Waals surface area contributed by atoms with Crippen molar-refractivity contribution in [1.29, 1.82) is 0 Å². The van der Waals surface area contributed by atoms with Crippen LogP contribution in [-0.2, 0) is 0 Å². The van der Waals surface area contributed by atoms with Gasteiger partial charge in [0.15, 0.2) is 5.78 Å². The summed E-state index contributed by atoms with van der Waals surface area (Å²) in [5.74, 6) is 5.06. The van der Waals surface area contributed by atoms with Gasteiger partial charge >= 0.3 is 0 Å². The third kappa shape index (κ3) is 8.55. The first-order valence-corrected chi connectivity index (χ1v) is 13.3. The van der Waals surface area contributed by atoms with E-state index in [-0.39, 0.29) is 5.78 Å². The van der Waals surface area contributed by atoms with Gasteiger partial charge in [0.2, 0.25) is 0 Å². The van der Waals surface area contributed by atoms with Gasteiger partial charge in [0.05, 0.1) is 10.0 Å². The van der Waals surface area contributed by atoms with Crippen molar-refractivity contribution in [2.45, 2.75) is 6.92 Å². The van der Waals surface area contributed by atoms with Crippen LogP contribution in [0, 0.1) is 0 Å². The SMILES string of the molecule is CC(=O)c1ccc(Cl)cc1Cl.Clc1ccc(-c2cc3cc(Cl)ccc3[nH]2)c(Cl)c1.NNc1ccc(Cl)cc1. The average molecular weight is 628 g/mol. The van der Waals surface area contributed by atoms with Gasteiger partial charge in [-0.25, -0.2) is 0 Å². The Hall–Kier alpha value is -2.41. The summed E-state index contributed by atoms with van der Waals surface area (Å²) >= 11 is 35.0. The Labute approximate surface area is 250 Å². The Balaban J connectivity index is 0.000000172. The molecule has 4 aromatic carbocycles. The molecule has 1 heterocycles. The largest absolute Gasteiger partial charge is 0.354 e. The molecule has 5 rings (SSSR count). The highest BCUT2D eigenvalue weighted by atomic mass is 35.5. The first-order chi connectivity index (χ1) is 18.1. The Morgan fingerprint density at radius 3 is 1.82 bits per heavy atom. The van der Waals surface area contributed by atoms with Crippen LogP contribution in [0.25, 0.3) is 22.2 Å². The molecule has 1 aromatic heterocycles. The molecule has 0 radical (unpaired) electrons. The van der Waals surface area contributed by atoms with Gasteiger partial charge in [-0.1, -0.05) is 69.6 Å². The number of rotatable bonds is 3. The molecule has 0 atom stereocenters. The summed E-state index contributed by atoms with van der Waals surface area (Å²) in [6.45, 7) is 1.47. The smallest absolute Gasteiger partial charge is 0.161 e. The fourth-order valence-electron chi connectivity index (χ4n) is 3.28. The lowest BCUT2D eigenvalue weighted by Crippen LogP contribution is -2.05. The number of nitrogen functional groups attached to an aromatic ring is 1. The highest BCUT2D eigenvalue weighted by molar-refractivity contribution is 6.37. The van der Waals surface area contributed by atoms with Crippen LogP contribution in [0.4, 0.5) is 5.69 Å². The number of ketones is 1. The normalized spacial score (nSPS) is 10.2. The molecular formula is C28H21Cl6N3O. The van der Waals surface area contributed by atoms with Crippen LogP contribution in [0.5, 0.6) is 0 Å². The molecule has 5 aromatic rings. The lowest BCUT2D eigenvalue weighted by atomic mass is 10.1. The van der Waals surface area contributed by atoms with Crippen molar-refractivity contribution in [1.82, 2.24) is 4.98 Å². The summed E-state index contributed by atoms with van der Waals surface area (Å²) in [6, 6.07) is 25.2. The summed E-state index contributed by atoms with van der Waals surface area (Å²) in [4.78, 5) is 14.2. The van der Waals surface area contributed by atoms with E-state index in [2.05, 4.69) is 10.4 Å². The van der Waals surface area contributed by atoms with Crippen molar-refractivity contribution in [3.05, 3.63) is 121 Å². The molecule has 196 valence electrons. The molecule has 0 fully saturated rings. The third-order valence-electron chi connectivity index (χ3n) is 5.13.